The Morgan fingerprint density at radius 3 is 2.69 bits per heavy atom. The summed E-state index contributed by atoms with van der Waals surface area (Å²) in [6, 6.07) is 5.19. The van der Waals surface area contributed by atoms with Crippen molar-refractivity contribution in [1.29, 1.82) is 0 Å². The number of hydrogen-bond acceptors (Lipinski definition) is 2. The molecular formula is C12H14N2O2. The average molecular weight is 218 g/mol. The van der Waals surface area contributed by atoms with E-state index in [1.807, 2.05) is 27.0 Å². The summed E-state index contributed by atoms with van der Waals surface area (Å²) in [5, 5.41) is 14.2. The molecule has 0 amide bonds. The van der Waals surface area contributed by atoms with Crippen LogP contribution >= 0.6 is 0 Å². The van der Waals surface area contributed by atoms with Crippen molar-refractivity contribution in [1.82, 2.24) is 9.78 Å². The van der Waals surface area contributed by atoms with Gasteiger partial charge in [0.1, 0.15) is 0 Å². The zero-order valence-corrected chi connectivity index (χ0v) is 9.56. The van der Waals surface area contributed by atoms with Crippen molar-refractivity contribution in [2.75, 3.05) is 0 Å². The molecule has 1 N–H and O–H groups in total. The lowest BCUT2D eigenvalue weighted by atomic mass is 10.0. The Morgan fingerprint density at radius 2 is 2.12 bits per heavy atom. The van der Waals surface area contributed by atoms with Crippen LogP contribution in [0.3, 0.4) is 0 Å². The first kappa shape index (κ1) is 10.7. The van der Waals surface area contributed by atoms with Gasteiger partial charge in [0.2, 0.25) is 0 Å². The molecular weight excluding hydrogens is 204 g/mol. The summed E-state index contributed by atoms with van der Waals surface area (Å²) in [5.41, 5.74) is 2.04. The maximum atomic E-state index is 11.2. The smallest absolute Gasteiger partial charge is 0.336 e. The van der Waals surface area contributed by atoms with Crippen molar-refractivity contribution in [2.45, 2.75) is 19.8 Å². The molecule has 0 aliphatic carbocycles. The van der Waals surface area contributed by atoms with E-state index < -0.39 is 5.97 Å². The van der Waals surface area contributed by atoms with E-state index in [-0.39, 0.29) is 5.92 Å². The summed E-state index contributed by atoms with van der Waals surface area (Å²) in [4.78, 5) is 11.2. The second-order valence-corrected chi connectivity index (χ2v) is 4.17. The maximum absolute atomic E-state index is 11.2. The SMILES string of the molecule is CC(C)c1c2c(C(=O)O)cccc2nn1C. The summed E-state index contributed by atoms with van der Waals surface area (Å²) in [6.07, 6.45) is 0. The lowest BCUT2D eigenvalue weighted by molar-refractivity contribution is 0.0699. The van der Waals surface area contributed by atoms with E-state index in [0.717, 1.165) is 16.6 Å². The van der Waals surface area contributed by atoms with E-state index in [1.165, 1.54) is 0 Å². The predicted molar refractivity (Wildman–Crippen MR) is 61.8 cm³/mol. The molecule has 0 aliphatic rings. The number of nitrogens with zero attached hydrogens (tertiary/aromatic N) is 2. The van der Waals surface area contributed by atoms with E-state index in [9.17, 15) is 4.79 Å². The van der Waals surface area contributed by atoms with Crippen molar-refractivity contribution >= 4 is 16.9 Å². The Labute approximate surface area is 93.5 Å². The standard InChI is InChI=1S/C12H14N2O2/c1-7(2)11-10-8(12(15)16)5-4-6-9(10)13-14(11)3/h4-7H,1-3H3,(H,15,16). The minimum Gasteiger partial charge on any atom is -0.478 e. The largest absolute Gasteiger partial charge is 0.478 e. The fourth-order valence-electron chi connectivity index (χ4n) is 2.11. The third-order valence-electron chi connectivity index (χ3n) is 2.68. The Morgan fingerprint density at radius 1 is 1.44 bits per heavy atom. The molecule has 84 valence electrons. The number of aryl methyl sites for hydroxylation is 1. The van der Waals surface area contributed by atoms with E-state index >= 15 is 0 Å². The lowest BCUT2D eigenvalue weighted by Gasteiger charge is -2.07. The highest BCUT2D eigenvalue weighted by Crippen LogP contribution is 2.27. The first-order chi connectivity index (χ1) is 7.52. The zero-order chi connectivity index (χ0) is 11.9. The van der Waals surface area contributed by atoms with Gasteiger partial charge in [-0.2, -0.15) is 5.10 Å². The number of carbonyl (C=O) groups is 1. The van der Waals surface area contributed by atoms with Crippen LogP contribution in [0, 0.1) is 0 Å². The summed E-state index contributed by atoms with van der Waals surface area (Å²) in [7, 11) is 1.85. The molecule has 1 aromatic carbocycles. The number of aromatic nitrogens is 2. The molecule has 0 spiro atoms. The van der Waals surface area contributed by atoms with Gasteiger partial charge in [0.05, 0.1) is 11.1 Å². The number of benzene rings is 1. The Balaban J connectivity index is 2.88. The molecule has 0 radical (unpaired) electrons. The van der Waals surface area contributed by atoms with Gasteiger partial charge in [-0.1, -0.05) is 19.9 Å². The van der Waals surface area contributed by atoms with Gasteiger partial charge in [-0.25, -0.2) is 4.79 Å². The summed E-state index contributed by atoms with van der Waals surface area (Å²) in [6.45, 7) is 4.07. The van der Waals surface area contributed by atoms with E-state index in [0.29, 0.717) is 5.56 Å². The third kappa shape index (κ3) is 1.46. The topological polar surface area (TPSA) is 55.1 Å². The maximum Gasteiger partial charge on any atom is 0.336 e. The first-order valence-corrected chi connectivity index (χ1v) is 5.21. The summed E-state index contributed by atoms with van der Waals surface area (Å²) < 4.78 is 1.77. The molecule has 0 saturated carbocycles. The number of hydrogen-bond donors (Lipinski definition) is 1. The molecule has 2 rings (SSSR count). The summed E-state index contributed by atoms with van der Waals surface area (Å²) >= 11 is 0. The average Bonchev–Trinajstić information content (AvgIpc) is 2.52. The number of carboxylic acids is 1. The second kappa shape index (κ2) is 3.63. The highest BCUT2D eigenvalue weighted by atomic mass is 16.4. The Kier molecular flexibility index (Phi) is 2.42. The molecule has 2 aromatic rings. The molecule has 4 nitrogen and oxygen atoms in total. The Bertz CT molecular complexity index is 555. The van der Waals surface area contributed by atoms with Gasteiger partial charge in [-0.15, -0.1) is 0 Å². The van der Waals surface area contributed by atoms with Crippen molar-refractivity contribution < 1.29 is 9.90 Å². The van der Waals surface area contributed by atoms with Crippen LogP contribution < -0.4 is 0 Å². The van der Waals surface area contributed by atoms with Crippen LogP contribution in [-0.2, 0) is 7.05 Å². The van der Waals surface area contributed by atoms with Crippen LogP contribution in [0.2, 0.25) is 0 Å². The first-order valence-electron chi connectivity index (χ1n) is 5.21. The van der Waals surface area contributed by atoms with Gasteiger partial charge in [0.25, 0.3) is 0 Å². The highest BCUT2D eigenvalue weighted by molar-refractivity contribution is 6.03. The highest BCUT2D eigenvalue weighted by Gasteiger charge is 2.18. The number of rotatable bonds is 2. The van der Waals surface area contributed by atoms with Crippen molar-refractivity contribution in [3.63, 3.8) is 0 Å². The molecule has 0 aliphatic heterocycles. The van der Waals surface area contributed by atoms with Crippen LogP contribution in [0.15, 0.2) is 18.2 Å². The molecule has 0 atom stereocenters. The number of fused-ring (bicyclic) bond motifs is 1. The molecule has 1 heterocycles. The van der Waals surface area contributed by atoms with Crippen LogP contribution in [-0.4, -0.2) is 20.9 Å². The number of aromatic carboxylic acids is 1. The molecule has 0 unspecified atom stereocenters. The molecule has 0 bridgehead atoms. The van der Waals surface area contributed by atoms with Gasteiger partial charge in [0, 0.05) is 18.1 Å². The van der Waals surface area contributed by atoms with Gasteiger partial charge < -0.3 is 5.11 Å². The minimum atomic E-state index is -0.902. The van der Waals surface area contributed by atoms with Crippen LogP contribution in [0.1, 0.15) is 35.8 Å². The molecule has 0 saturated heterocycles. The Hall–Kier alpha value is -1.84. The van der Waals surface area contributed by atoms with Crippen molar-refractivity contribution in [3.05, 3.63) is 29.5 Å². The molecule has 0 fully saturated rings. The van der Waals surface area contributed by atoms with Gasteiger partial charge >= 0.3 is 5.97 Å². The van der Waals surface area contributed by atoms with Gasteiger partial charge in [0.15, 0.2) is 0 Å². The molecule has 1 aromatic heterocycles. The van der Waals surface area contributed by atoms with E-state index in [4.69, 9.17) is 5.11 Å². The van der Waals surface area contributed by atoms with E-state index in [1.54, 1.807) is 16.8 Å². The van der Waals surface area contributed by atoms with Crippen LogP contribution in [0.4, 0.5) is 0 Å². The molecule has 16 heavy (non-hydrogen) atoms. The second-order valence-electron chi connectivity index (χ2n) is 4.17. The fraction of sp³-hybridized carbons (Fsp3) is 0.333. The fourth-order valence-corrected chi connectivity index (χ4v) is 2.11. The van der Waals surface area contributed by atoms with Crippen molar-refractivity contribution in [3.8, 4) is 0 Å². The van der Waals surface area contributed by atoms with E-state index in [2.05, 4.69) is 5.10 Å². The zero-order valence-electron chi connectivity index (χ0n) is 9.56. The monoisotopic (exact) mass is 218 g/mol. The van der Waals surface area contributed by atoms with Crippen LogP contribution in [0.5, 0.6) is 0 Å². The quantitative estimate of drug-likeness (QED) is 0.842. The summed E-state index contributed by atoms with van der Waals surface area (Å²) in [5.74, 6) is -0.656. The predicted octanol–water partition coefficient (Wildman–Crippen LogP) is 2.39. The lowest BCUT2D eigenvalue weighted by Crippen LogP contribution is -2.02. The normalized spacial score (nSPS) is 11.2. The van der Waals surface area contributed by atoms with Crippen molar-refractivity contribution in [2.24, 2.45) is 7.05 Å². The van der Waals surface area contributed by atoms with Crippen LogP contribution in [0.25, 0.3) is 10.9 Å². The third-order valence-corrected chi connectivity index (χ3v) is 2.68. The van der Waals surface area contributed by atoms with Gasteiger partial charge in [-0.3, -0.25) is 4.68 Å². The number of carboxylic acid groups (broad SMARTS) is 1. The minimum absolute atomic E-state index is 0.246. The molecule has 4 heteroatoms. The van der Waals surface area contributed by atoms with Gasteiger partial charge in [-0.05, 0) is 18.1 Å².